The summed E-state index contributed by atoms with van der Waals surface area (Å²) in [7, 11) is -5.53. The van der Waals surface area contributed by atoms with Gasteiger partial charge in [0.15, 0.2) is 8.32 Å². The van der Waals surface area contributed by atoms with Crippen LogP contribution < -0.4 is 14.9 Å². The number of carbonyl (C=O) groups excluding carboxylic acids is 2. The largest absolute Gasteiger partial charge is 0.459 e. The van der Waals surface area contributed by atoms with Gasteiger partial charge in [0.2, 0.25) is 12.1 Å². The number of amides is 3. The highest BCUT2D eigenvalue weighted by molar-refractivity contribution is 7.52. The molecule has 2 unspecified atom stereocenters. The summed E-state index contributed by atoms with van der Waals surface area (Å²) in [6.45, 7) is 12.9. The molecule has 3 amide bonds. The smallest absolute Gasteiger partial charge is 0.413 e. The maximum absolute atomic E-state index is 16.2. The van der Waals surface area contributed by atoms with Crippen molar-refractivity contribution in [2.45, 2.75) is 82.1 Å². The maximum atomic E-state index is 16.2. The van der Waals surface area contributed by atoms with Crippen molar-refractivity contribution in [3.8, 4) is 5.75 Å². The molecule has 0 bridgehead atoms. The van der Waals surface area contributed by atoms with Crippen LogP contribution in [-0.2, 0) is 23.0 Å². The SMILES string of the molecule is C=C1C=CN([C@@H]2O[C@H](COP(=O)(NC3CCCN(C)C3=O)Oc3ccccc3)[C@@H](O[Si](C)(C)C(C)(C)C)C2(F)F)C(=O)N1. The number of para-hydroxylation sites is 1. The molecule has 15 heteroatoms. The van der Waals surface area contributed by atoms with Gasteiger partial charge in [0.1, 0.15) is 18.0 Å². The molecule has 2 fully saturated rings. The monoisotopic (exact) mass is 642 g/mol. The van der Waals surface area contributed by atoms with E-state index in [0.717, 1.165) is 4.90 Å². The van der Waals surface area contributed by atoms with Crippen LogP contribution in [0, 0.1) is 0 Å². The highest BCUT2D eigenvalue weighted by Gasteiger charge is 2.64. The molecule has 0 radical (unpaired) electrons. The predicted molar refractivity (Wildman–Crippen MR) is 159 cm³/mol. The maximum Gasteiger partial charge on any atom is 0.459 e. The average molecular weight is 643 g/mol. The molecule has 0 aromatic heterocycles. The number of carbonyl (C=O) groups is 2. The van der Waals surface area contributed by atoms with Crippen LogP contribution in [0.1, 0.15) is 33.6 Å². The van der Waals surface area contributed by atoms with Crippen LogP contribution in [0.2, 0.25) is 18.1 Å². The van der Waals surface area contributed by atoms with E-state index in [4.69, 9.17) is 18.2 Å². The number of rotatable bonds is 10. The van der Waals surface area contributed by atoms with Crippen LogP contribution in [-0.4, -0.2) is 80.7 Å². The molecular formula is C28H41F2N4O7PSi. The van der Waals surface area contributed by atoms with E-state index in [1.54, 1.807) is 37.4 Å². The van der Waals surface area contributed by atoms with Crippen molar-refractivity contribution >= 4 is 28.0 Å². The standard InChI is InChI=1S/C28H41F2N4O7PSi/c1-19-15-17-34(26(36)31-19)25-28(29,30)23(41-43(6,7)27(2,3)4)22(39-25)18-38-42(37,40-20-12-9-8-10-13-20)32-21-14-11-16-33(5)24(21)35/h8-10,12-13,15,17,21-23,25H,1,11,14,16,18H2,2-7H3,(H,31,36)(H,32,37)/t21?,22-,23-,25-,42?/m1/s1. The fourth-order valence-electron chi connectivity index (χ4n) is 4.63. The Morgan fingerprint density at radius 1 is 1.23 bits per heavy atom. The number of alkyl halides is 2. The second kappa shape index (κ2) is 12.4. The molecule has 3 aliphatic rings. The lowest BCUT2D eigenvalue weighted by molar-refractivity contribution is -0.142. The fraction of sp³-hybridized carbons (Fsp3) is 0.571. The Balaban J connectivity index is 1.64. The molecule has 3 aliphatic heterocycles. The molecule has 1 aromatic rings. The summed E-state index contributed by atoms with van der Waals surface area (Å²) in [5, 5.41) is 4.69. The van der Waals surface area contributed by atoms with E-state index in [9.17, 15) is 14.2 Å². The minimum Gasteiger partial charge on any atom is -0.413 e. The van der Waals surface area contributed by atoms with Crippen LogP contribution >= 0.6 is 7.75 Å². The third kappa shape index (κ3) is 7.38. The van der Waals surface area contributed by atoms with Gasteiger partial charge in [-0.3, -0.25) is 14.2 Å². The van der Waals surface area contributed by atoms with Gasteiger partial charge in [-0.05, 0) is 49.2 Å². The number of likely N-dealkylation sites (tertiary alicyclic amines) is 1. The number of nitrogens with one attached hydrogen (secondary N) is 2. The summed E-state index contributed by atoms with van der Waals surface area (Å²) in [6.07, 6.45) is -1.77. The first kappa shape index (κ1) is 33.3. The molecule has 5 atom stereocenters. The second-order valence-electron chi connectivity index (χ2n) is 12.5. The van der Waals surface area contributed by atoms with Gasteiger partial charge in [0.05, 0.1) is 12.6 Å². The van der Waals surface area contributed by atoms with E-state index in [-0.39, 0.29) is 17.4 Å². The molecular weight excluding hydrogens is 601 g/mol. The van der Waals surface area contributed by atoms with Gasteiger partial charge in [-0.15, -0.1) is 0 Å². The summed E-state index contributed by atoms with van der Waals surface area (Å²) in [5.74, 6) is -3.79. The first-order chi connectivity index (χ1) is 19.9. The number of allylic oxidation sites excluding steroid dienone is 1. The van der Waals surface area contributed by atoms with Gasteiger partial charge in [-0.2, -0.15) is 13.9 Å². The van der Waals surface area contributed by atoms with E-state index in [1.807, 2.05) is 33.9 Å². The zero-order valence-electron chi connectivity index (χ0n) is 25.3. The Kier molecular flexibility index (Phi) is 9.61. The Hall–Kier alpha value is -2.61. The molecule has 11 nitrogen and oxygen atoms in total. The Morgan fingerprint density at radius 3 is 2.53 bits per heavy atom. The Bertz CT molecular complexity index is 1290. The van der Waals surface area contributed by atoms with Crippen molar-refractivity contribution in [3.63, 3.8) is 0 Å². The number of hydrogen-bond donors (Lipinski definition) is 2. The molecule has 3 heterocycles. The summed E-state index contributed by atoms with van der Waals surface area (Å²) < 4.78 is 70.1. The lowest BCUT2D eigenvalue weighted by atomic mass is 10.1. The molecule has 0 spiro atoms. The molecule has 238 valence electrons. The van der Waals surface area contributed by atoms with Gasteiger partial charge in [-0.1, -0.05) is 45.5 Å². The number of benzene rings is 1. The third-order valence-electron chi connectivity index (χ3n) is 8.12. The number of urea groups is 1. The van der Waals surface area contributed by atoms with Gasteiger partial charge < -0.3 is 23.9 Å². The summed E-state index contributed by atoms with van der Waals surface area (Å²) in [4.78, 5) is 27.7. The van der Waals surface area contributed by atoms with Crippen molar-refractivity contribution in [3.05, 3.63) is 54.9 Å². The molecule has 2 saturated heterocycles. The molecule has 1 aromatic carbocycles. The average Bonchev–Trinajstić information content (AvgIpc) is 3.14. The van der Waals surface area contributed by atoms with Crippen LogP contribution in [0.4, 0.5) is 13.6 Å². The number of hydrogen-bond acceptors (Lipinski definition) is 7. The second-order valence-corrected chi connectivity index (χ2v) is 18.9. The van der Waals surface area contributed by atoms with Crippen molar-refractivity contribution in [2.24, 2.45) is 0 Å². The predicted octanol–water partition coefficient (Wildman–Crippen LogP) is 5.20. The zero-order valence-corrected chi connectivity index (χ0v) is 27.2. The lowest BCUT2D eigenvalue weighted by Gasteiger charge is -2.40. The van der Waals surface area contributed by atoms with Crippen molar-refractivity contribution in [2.75, 3.05) is 20.2 Å². The van der Waals surface area contributed by atoms with E-state index < -0.39 is 64.1 Å². The van der Waals surface area contributed by atoms with Crippen molar-refractivity contribution < 1.29 is 41.1 Å². The van der Waals surface area contributed by atoms with Crippen LogP contribution in [0.5, 0.6) is 5.75 Å². The van der Waals surface area contributed by atoms with Gasteiger partial charge in [0, 0.05) is 25.5 Å². The first-order valence-electron chi connectivity index (χ1n) is 14.1. The Morgan fingerprint density at radius 2 is 1.91 bits per heavy atom. The Labute approximate surface area is 252 Å². The quantitative estimate of drug-likeness (QED) is 0.264. The van der Waals surface area contributed by atoms with Crippen LogP contribution in [0.3, 0.4) is 0 Å². The number of ether oxygens (including phenoxy) is 1. The molecule has 4 rings (SSSR count). The minimum absolute atomic E-state index is 0.190. The van der Waals surface area contributed by atoms with Gasteiger partial charge >= 0.3 is 19.7 Å². The summed E-state index contributed by atoms with van der Waals surface area (Å²) >= 11 is 0. The number of nitrogens with zero attached hydrogens (tertiary/aromatic N) is 2. The summed E-state index contributed by atoms with van der Waals surface area (Å²) in [6, 6.07) is 6.47. The number of likely N-dealkylation sites (N-methyl/N-ethyl adjacent to an activating group) is 1. The van der Waals surface area contributed by atoms with Crippen LogP contribution in [0.15, 0.2) is 54.9 Å². The fourth-order valence-corrected chi connectivity index (χ4v) is 7.47. The van der Waals surface area contributed by atoms with Crippen LogP contribution in [0.25, 0.3) is 0 Å². The normalized spacial score (nSPS) is 27.7. The van der Waals surface area contributed by atoms with E-state index in [2.05, 4.69) is 17.0 Å². The van der Waals surface area contributed by atoms with Crippen molar-refractivity contribution in [1.29, 1.82) is 0 Å². The third-order valence-corrected chi connectivity index (χ3v) is 14.1. The zero-order chi connectivity index (χ0) is 31.8. The van der Waals surface area contributed by atoms with E-state index in [0.29, 0.717) is 19.4 Å². The molecule has 0 saturated carbocycles. The van der Waals surface area contributed by atoms with Gasteiger partial charge in [-0.25, -0.2) is 9.36 Å². The van der Waals surface area contributed by atoms with E-state index >= 15 is 8.78 Å². The minimum atomic E-state index is -4.34. The highest BCUT2D eigenvalue weighted by Crippen LogP contribution is 2.49. The summed E-state index contributed by atoms with van der Waals surface area (Å²) in [5.41, 5.74) is 0.240. The molecule has 0 aliphatic carbocycles. The molecule has 2 N–H and O–H groups in total. The lowest BCUT2D eigenvalue weighted by Crippen LogP contribution is -2.56. The topological polar surface area (TPSA) is 119 Å². The number of piperidine rings is 1. The highest BCUT2D eigenvalue weighted by atomic mass is 31.2. The van der Waals surface area contributed by atoms with Crippen molar-refractivity contribution in [1.82, 2.24) is 20.2 Å². The van der Waals surface area contributed by atoms with Gasteiger partial charge in [0.25, 0.3) is 0 Å². The first-order valence-corrected chi connectivity index (χ1v) is 18.6. The molecule has 43 heavy (non-hydrogen) atoms. The van der Waals surface area contributed by atoms with E-state index in [1.165, 1.54) is 17.2 Å². The number of halogens is 2.